The van der Waals surface area contributed by atoms with Gasteiger partial charge in [0.05, 0.1) is 28.8 Å². The van der Waals surface area contributed by atoms with Gasteiger partial charge in [-0.2, -0.15) is 4.31 Å². The van der Waals surface area contributed by atoms with Crippen LogP contribution < -0.4 is 4.74 Å². The Morgan fingerprint density at radius 3 is 2.29 bits per heavy atom. The number of hydrogen-bond donors (Lipinski definition) is 0. The maximum atomic E-state index is 12.9. The summed E-state index contributed by atoms with van der Waals surface area (Å²) in [7, 11) is -3.90. The molecule has 0 aliphatic carbocycles. The lowest BCUT2D eigenvalue weighted by Gasteiger charge is -2.26. The Bertz CT molecular complexity index is 1050. The molecule has 1 heterocycles. The average Bonchev–Trinajstić information content (AvgIpc) is 2.71. The molecule has 7 nitrogen and oxygen atoms in total. The van der Waals surface area contributed by atoms with Gasteiger partial charge in [0.2, 0.25) is 10.0 Å². The van der Waals surface area contributed by atoms with Crippen molar-refractivity contribution in [2.75, 3.05) is 39.5 Å². The number of aryl methyl sites for hydroxylation is 2. The van der Waals surface area contributed by atoms with E-state index in [9.17, 15) is 13.2 Å². The van der Waals surface area contributed by atoms with Crippen molar-refractivity contribution in [2.45, 2.75) is 18.7 Å². The summed E-state index contributed by atoms with van der Waals surface area (Å²) in [5.41, 5.74) is 2.05. The predicted molar refractivity (Wildman–Crippen MR) is 118 cm³/mol. The van der Waals surface area contributed by atoms with Crippen molar-refractivity contribution in [3.05, 3.63) is 57.1 Å². The molecule has 0 aromatic heterocycles. The van der Waals surface area contributed by atoms with Crippen LogP contribution in [0.4, 0.5) is 0 Å². The van der Waals surface area contributed by atoms with E-state index in [0.717, 1.165) is 17.2 Å². The highest BCUT2D eigenvalue weighted by Crippen LogP contribution is 2.31. The Morgan fingerprint density at radius 2 is 1.65 bits per heavy atom. The third-order valence-electron chi connectivity index (χ3n) is 4.61. The lowest BCUT2D eigenvalue weighted by atomic mass is 10.1. The lowest BCUT2D eigenvalue weighted by molar-refractivity contribution is 0.0450. The number of ether oxygens (including phenoxy) is 3. The number of carbonyl (C=O) groups is 1. The second kappa shape index (κ2) is 10.2. The summed E-state index contributed by atoms with van der Waals surface area (Å²) in [5.74, 6) is -0.0823. The first kappa shape index (κ1) is 23.8. The molecule has 0 bridgehead atoms. The van der Waals surface area contributed by atoms with E-state index in [0.29, 0.717) is 19.0 Å². The van der Waals surface area contributed by atoms with E-state index in [4.69, 9.17) is 37.4 Å². The Hall–Kier alpha value is -1.84. The quantitative estimate of drug-likeness (QED) is 0.435. The van der Waals surface area contributed by atoms with E-state index in [1.165, 1.54) is 10.4 Å². The zero-order valence-corrected chi connectivity index (χ0v) is 19.5. The van der Waals surface area contributed by atoms with Crippen molar-refractivity contribution in [1.82, 2.24) is 4.31 Å². The molecule has 0 atom stereocenters. The topological polar surface area (TPSA) is 82.1 Å². The van der Waals surface area contributed by atoms with Crippen LogP contribution in [-0.2, 0) is 19.5 Å². The Morgan fingerprint density at radius 1 is 1.00 bits per heavy atom. The smallest absolute Gasteiger partial charge is 0.339 e. The number of halogens is 2. The summed E-state index contributed by atoms with van der Waals surface area (Å²) in [4.78, 5) is 12.3. The van der Waals surface area contributed by atoms with E-state index in [2.05, 4.69) is 0 Å². The largest absolute Gasteiger partial charge is 0.490 e. The van der Waals surface area contributed by atoms with Crippen molar-refractivity contribution in [2.24, 2.45) is 0 Å². The minimum atomic E-state index is -3.90. The van der Waals surface area contributed by atoms with Gasteiger partial charge in [-0.15, -0.1) is 0 Å². The molecular weight excluding hydrogens is 465 g/mol. The minimum absolute atomic E-state index is 0.00570. The van der Waals surface area contributed by atoms with Crippen LogP contribution in [0.2, 0.25) is 10.0 Å². The van der Waals surface area contributed by atoms with Crippen LogP contribution in [0.1, 0.15) is 21.5 Å². The lowest BCUT2D eigenvalue weighted by Crippen LogP contribution is -2.40. The first-order valence-electron chi connectivity index (χ1n) is 9.63. The number of nitrogens with zero attached hydrogens (tertiary/aromatic N) is 1. The van der Waals surface area contributed by atoms with Crippen molar-refractivity contribution in [3.8, 4) is 5.75 Å². The number of rotatable bonds is 7. The molecule has 1 aliphatic rings. The van der Waals surface area contributed by atoms with Gasteiger partial charge in [-0.1, -0.05) is 29.3 Å². The molecule has 31 heavy (non-hydrogen) atoms. The summed E-state index contributed by atoms with van der Waals surface area (Å²) in [6.45, 7) is 5.03. The number of esters is 1. The normalized spacial score (nSPS) is 15.0. The van der Waals surface area contributed by atoms with E-state index in [-0.39, 0.29) is 46.8 Å². The monoisotopic (exact) mass is 487 g/mol. The molecule has 168 valence electrons. The highest BCUT2D eigenvalue weighted by Gasteiger charge is 2.30. The Labute approximate surface area is 191 Å². The Kier molecular flexibility index (Phi) is 7.82. The van der Waals surface area contributed by atoms with Gasteiger partial charge < -0.3 is 14.2 Å². The highest BCUT2D eigenvalue weighted by atomic mass is 35.5. The maximum Gasteiger partial charge on any atom is 0.339 e. The second-order valence-electron chi connectivity index (χ2n) is 7.09. The van der Waals surface area contributed by atoms with Crippen molar-refractivity contribution in [1.29, 1.82) is 0 Å². The molecule has 0 N–H and O–H groups in total. The molecule has 10 heteroatoms. The van der Waals surface area contributed by atoms with Gasteiger partial charge in [0, 0.05) is 13.1 Å². The minimum Gasteiger partial charge on any atom is -0.490 e. The third-order valence-corrected chi connectivity index (χ3v) is 7.29. The molecule has 3 rings (SSSR count). The van der Waals surface area contributed by atoms with Crippen LogP contribution in [0, 0.1) is 13.8 Å². The zero-order valence-electron chi connectivity index (χ0n) is 17.2. The van der Waals surface area contributed by atoms with E-state index in [1.54, 1.807) is 0 Å². The Balaban J connectivity index is 1.68. The fourth-order valence-corrected chi connectivity index (χ4v) is 5.43. The van der Waals surface area contributed by atoms with Gasteiger partial charge in [0.15, 0.2) is 0 Å². The third kappa shape index (κ3) is 5.90. The molecular formula is C21H23Cl2NO6S. The maximum absolute atomic E-state index is 12.9. The molecule has 1 saturated heterocycles. The van der Waals surface area contributed by atoms with Crippen molar-refractivity contribution in [3.63, 3.8) is 0 Å². The van der Waals surface area contributed by atoms with Crippen LogP contribution in [0.25, 0.3) is 0 Å². The molecule has 1 fully saturated rings. The van der Waals surface area contributed by atoms with Gasteiger partial charge in [-0.3, -0.25) is 0 Å². The number of sulfonamides is 1. The summed E-state index contributed by atoms with van der Waals surface area (Å²) < 4.78 is 43.2. The van der Waals surface area contributed by atoms with Crippen molar-refractivity contribution >= 4 is 39.2 Å². The number of hydrogen-bond acceptors (Lipinski definition) is 6. The highest BCUT2D eigenvalue weighted by molar-refractivity contribution is 7.89. The van der Waals surface area contributed by atoms with Crippen LogP contribution in [0.3, 0.4) is 0 Å². The van der Waals surface area contributed by atoms with Crippen LogP contribution in [-0.4, -0.2) is 58.2 Å². The first-order valence-corrected chi connectivity index (χ1v) is 11.8. The van der Waals surface area contributed by atoms with E-state index >= 15 is 0 Å². The van der Waals surface area contributed by atoms with Gasteiger partial charge in [-0.05, 0) is 49.2 Å². The molecule has 0 spiro atoms. The molecule has 1 aliphatic heterocycles. The van der Waals surface area contributed by atoms with Crippen LogP contribution in [0.15, 0.2) is 35.2 Å². The van der Waals surface area contributed by atoms with Gasteiger partial charge in [0.1, 0.15) is 23.9 Å². The molecule has 0 saturated carbocycles. The number of benzene rings is 2. The van der Waals surface area contributed by atoms with Crippen LogP contribution in [0.5, 0.6) is 5.75 Å². The fraction of sp³-hybridized carbons (Fsp3) is 0.381. The summed E-state index contributed by atoms with van der Waals surface area (Å²) in [5, 5.41) is -0.0580. The molecule has 0 unspecified atom stereocenters. The summed E-state index contributed by atoms with van der Waals surface area (Å²) >= 11 is 12.3. The molecule has 0 radical (unpaired) electrons. The van der Waals surface area contributed by atoms with Crippen molar-refractivity contribution < 1.29 is 27.4 Å². The summed E-state index contributed by atoms with van der Waals surface area (Å²) in [6, 6.07) is 8.18. The summed E-state index contributed by atoms with van der Waals surface area (Å²) in [6.07, 6.45) is 0. The molecule has 2 aromatic carbocycles. The van der Waals surface area contributed by atoms with Gasteiger partial charge >= 0.3 is 5.97 Å². The predicted octanol–water partition coefficient (Wildman–Crippen LogP) is 3.87. The fourth-order valence-electron chi connectivity index (χ4n) is 3.20. The number of morpholine rings is 1. The van der Waals surface area contributed by atoms with E-state index in [1.807, 2.05) is 32.0 Å². The van der Waals surface area contributed by atoms with Gasteiger partial charge in [0.25, 0.3) is 0 Å². The second-order valence-corrected chi connectivity index (χ2v) is 9.81. The van der Waals surface area contributed by atoms with Gasteiger partial charge in [-0.25, -0.2) is 13.2 Å². The van der Waals surface area contributed by atoms with Crippen LogP contribution >= 0.6 is 23.2 Å². The first-order chi connectivity index (χ1) is 14.7. The zero-order chi connectivity index (χ0) is 22.6. The standard InChI is InChI=1S/C21H23Cl2NO6S/c1-14-9-15(2)11-16(10-14)29-7-8-30-21(25)17-12-20(19(23)13-18(17)22)31(26,27)24-3-5-28-6-4-24/h9-13H,3-8H2,1-2H3. The average molecular weight is 488 g/mol. The number of carbonyl (C=O) groups excluding carboxylic acids is 1. The molecule has 2 aromatic rings. The van der Waals surface area contributed by atoms with E-state index < -0.39 is 16.0 Å². The molecule has 0 amide bonds. The SMILES string of the molecule is Cc1cc(C)cc(OCCOC(=O)c2cc(S(=O)(=O)N3CCOCC3)c(Cl)cc2Cl)c1.